The third kappa shape index (κ3) is 5.30. The summed E-state index contributed by atoms with van der Waals surface area (Å²) in [7, 11) is 0. The quantitative estimate of drug-likeness (QED) is 0.800. The average molecular weight is 387 g/mol. The number of amides is 1. The van der Waals surface area contributed by atoms with Crippen LogP contribution in [0.3, 0.4) is 0 Å². The first-order valence-corrected chi connectivity index (χ1v) is 9.40. The van der Waals surface area contributed by atoms with Gasteiger partial charge in [-0.25, -0.2) is 9.18 Å². The van der Waals surface area contributed by atoms with Gasteiger partial charge in [0.1, 0.15) is 12.7 Å². The first-order chi connectivity index (χ1) is 13.5. The third-order valence-electron chi connectivity index (χ3n) is 4.87. The lowest BCUT2D eigenvalue weighted by atomic mass is 9.85. The minimum Gasteiger partial charge on any atom is -0.445 e. The van der Waals surface area contributed by atoms with E-state index in [9.17, 15) is 9.18 Å². The van der Waals surface area contributed by atoms with E-state index >= 15 is 0 Å². The molecule has 1 aliphatic rings. The zero-order chi connectivity index (χ0) is 20.0. The van der Waals surface area contributed by atoms with E-state index in [-0.39, 0.29) is 13.0 Å². The van der Waals surface area contributed by atoms with Gasteiger partial charge in [-0.15, -0.1) is 0 Å². The molecule has 150 valence electrons. The van der Waals surface area contributed by atoms with Crippen LogP contribution < -0.4 is 5.32 Å². The zero-order valence-corrected chi connectivity index (χ0v) is 16.1. The fourth-order valence-corrected chi connectivity index (χ4v) is 3.51. The molecule has 0 saturated carbocycles. The van der Waals surface area contributed by atoms with Gasteiger partial charge in [0.05, 0.1) is 18.2 Å². The number of carbonyl (C=O) groups excluding carboxylic acids is 1. The van der Waals surface area contributed by atoms with Crippen LogP contribution in [0.2, 0.25) is 0 Å². The molecule has 6 heteroatoms. The van der Waals surface area contributed by atoms with Gasteiger partial charge >= 0.3 is 6.09 Å². The molecule has 1 aliphatic heterocycles. The van der Waals surface area contributed by atoms with E-state index in [4.69, 9.17) is 14.2 Å². The van der Waals surface area contributed by atoms with E-state index in [1.807, 2.05) is 60.7 Å². The Labute approximate surface area is 164 Å². The van der Waals surface area contributed by atoms with Crippen LogP contribution in [0.1, 0.15) is 31.4 Å². The maximum Gasteiger partial charge on any atom is 0.407 e. The van der Waals surface area contributed by atoms with Crippen LogP contribution in [-0.4, -0.2) is 30.2 Å². The lowest BCUT2D eigenvalue weighted by Gasteiger charge is -2.45. The van der Waals surface area contributed by atoms with Gasteiger partial charge in [0.15, 0.2) is 0 Å². The fraction of sp³-hybridized carbons (Fsp3) is 0.409. The van der Waals surface area contributed by atoms with E-state index in [0.717, 1.165) is 11.1 Å². The number of alkyl carbamates (subject to hydrolysis) is 1. The molecule has 1 amide bonds. The Balaban J connectivity index is 1.64. The number of alkyl halides is 1. The molecule has 3 rings (SSSR count). The number of ether oxygens (including phenoxy) is 3. The van der Waals surface area contributed by atoms with Crippen LogP contribution in [-0.2, 0) is 27.4 Å². The average Bonchev–Trinajstić information content (AvgIpc) is 2.67. The predicted molar refractivity (Wildman–Crippen MR) is 103 cm³/mol. The van der Waals surface area contributed by atoms with Crippen molar-refractivity contribution >= 4 is 6.09 Å². The van der Waals surface area contributed by atoms with Gasteiger partial charge in [0.2, 0.25) is 6.36 Å². The largest absolute Gasteiger partial charge is 0.445 e. The molecular weight excluding hydrogens is 361 g/mol. The van der Waals surface area contributed by atoms with Crippen molar-refractivity contribution in [1.82, 2.24) is 5.32 Å². The number of hydrogen-bond donors (Lipinski definition) is 1. The number of hydrogen-bond acceptors (Lipinski definition) is 4. The van der Waals surface area contributed by atoms with Crippen LogP contribution in [0.15, 0.2) is 60.7 Å². The highest BCUT2D eigenvalue weighted by atomic mass is 19.1. The molecule has 0 bridgehead atoms. The summed E-state index contributed by atoms with van der Waals surface area (Å²) in [5, 5.41) is 2.81. The second-order valence-electron chi connectivity index (χ2n) is 7.28. The summed E-state index contributed by atoms with van der Waals surface area (Å²) in [6.07, 6.45) is -3.15. The zero-order valence-electron chi connectivity index (χ0n) is 16.1. The molecule has 1 fully saturated rings. The van der Waals surface area contributed by atoms with Crippen molar-refractivity contribution in [3.05, 3.63) is 71.8 Å². The molecule has 0 aliphatic carbocycles. The Bertz CT molecular complexity index is 758. The van der Waals surface area contributed by atoms with Crippen LogP contribution in [0.25, 0.3) is 0 Å². The summed E-state index contributed by atoms with van der Waals surface area (Å²) >= 11 is 0. The van der Waals surface area contributed by atoms with Crippen LogP contribution >= 0.6 is 0 Å². The van der Waals surface area contributed by atoms with E-state index < -0.39 is 30.2 Å². The number of benzene rings is 2. The molecule has 4 atom stereocenters. The molecule has 0 radical (unpaired) electrons. The fourth-order valence-electron chi connectivity index (χ4n) is 3.51. The molecule has 1 heterocycles. The normalized spacial score (nSPS) is 27.2. The molecule has 28 heavy (non-hydrogen) atoms. The molecule has 1 saturated heterocycles. The summed E-state index contributed by atoms with van der Waals surface area (Å²) in [6, 6.07) is 19.1. The summed E-state index contributed by atoms with van der Waals surface area (Å²) in [5.74, 6) is 0. The Morgan fingerprint density at radius 1 is 1.11 bits per heavy atom. The van der Waals surface area contributed by atoms with Gasteiger partial charge in [0, 0.05) is 6.42 Å². The standard InChI is InChI=1S/C22H26FNO4/c1-16-20(26-14-17-9-5-3-6-10-17)22(2,13-19(23)28-16)24-21(25)27-15-18-11-7-4-8-12-18/h3-12,16,19-20H,13-15H2,1-2H3,(H,24,25)/t16-,19?,20+,22-/m0/s1. The van der Waals surface area contributed by atoms with Gasteiger partial charge in [0.25, 0.3) is 0 Å². The second-order valence-corrected chi connectivity index (χ2v) is 7.28. The molecule has 5 nitrogen and oxygen atoms in total. The minimum atomic E-state index is -1.48. The monoisotopic (exact) mass is 387 g/mol. The first kappa shape index (κ1) is 20.3. The molecule has 1 unspecified atom stereocenters. The molecule has 0 spiro atoms. The second kappa shape index (κ2) is 9.17. The van der Waals surface area contributed by atoms with E-state index in [1.165, 1.54) is 0 Å². The number of halogens is 1. The molecule has 2 aromatic rings. The van der Waals surface area contributed by atoms with Crippen molar-refractivity contribution in [1.29, 1.82) is 0 Å². The number of carbonyl (C=O) groups is 1. The summed E-state index contributed by atoms with van der Waals surface area (Å²) in [4.78, 5) is 12.4. The summed E-state index contributed by atoms with van der Waals surface area (Å²) < 4.78 is 30.8. The van der Waals surface area contributed by atoms with Crippen molar-refractivity contribution in [2.24, 2.45) is 0 Å². The lowest BCUT2D eigenvalue weighted by Crippen LogP contribution is -2.63. The first-order valence-electron chi connectivity index (χ1n) is 9.40. The molecule has 1 N–H and O–H groups in total. The molecular formula is C22H26FNO4. The van der Waals surface area contributed by atoms with Crippen molar-refractivity contribution < 1.29 is 23.4 Å². The lowest BCUT2D eigenvalue weighted by molar-refractivity contribution is -0.207. The van der Waals surface area contributed by atoms with Crippen molar-refractivity contribution in [2.45, 2.75) is 57.6 Å². The number of nitrogens with one attached hydrogen (secondary N) is 1. The van der Waals surface area contributed by atoms with Gasteiger partial charge in [-0.2, -0.15) is 0 Å². The Morgan fingerprint density at radius 2 is 1.68 bits per heavy atom. The summed E-state index contributed by atoms with van der Waals surface area (Å²) in [5.41, 5.74) is 0.911. The predicted octanol–water partition coefficient (Wildman–Crippen LogP) is 4.36. The third-order valence-corrected chi connectivity index (χ3v) is 4.87. The topological polar surface area (TPSA) is 56.8 Å². The minimum absolute atomic E-state index is 0.0166. The van der Waals surface area contributed by atoms with E-state index in [1.54, 1.807) is 13.8 Å². The van der Waals surface area contributed by atoms with Crippen LogP contribution in [0.5, 0.6) is 0 Å². The highest BCUT2D eigenvalue weighted by molar-refractivity contribution is 5.68. The van der Waals surface area contributed by atoms with Crippen LogP contribution in [0, 0.1) is 0 Å². The van der Waals surface area contributed by atoms with Crippen molar-refractivity contribution in [3.63, 3.8) is 0 Å². The Kier molecular flexibility index (Phi) is 6.65. The maximum atomic E-state index is 14.1. The van der Waals surface area contributed by atoms with E-state index in [2.05, 4.69) is 5.32 Å². The molecule has 2 aromatic carbocycles. The highest BCUT2D eigenvalue weighted by Gasteiger charge is 2.47. The number of rotatable bonds is 6. The van der Waals surface area contributed by atoms with Gasteiger partial charge in [-0.1, -0.05) is 60.7 Å². The van der Waals surface area contributed by atoms with E-state index in [0.29, 0.717) is 6.61 Å². The molecule has 0 aromatic heterocycles. The Hall–Kier alpha value is -2.44. The summed E-state index contributed by atoms with van der Waals surface area (Å²) in [6.45, 7) is 3.99. The van der Waals surface area contributed by atoms with Crippen LogP contribution in [0.4, 0.5) is 9.18 Å². The Morgan fingerprint density at radius 3 is 2.29 bits per heavy atom. The smallest absolute Gasteiger partial charge is 0.407 e. The highest BCUT2D eigenvalue weighted by Crippen LogP contribution is 2.32. The van der Waals surface area contributed by atoms with Gasteiger partial charge in [-0.05, 0) is 25.0 Å². The van der Waals surface area contributed by atoms with Crippen molar-refractivity contribution in [3.8, 4) is 0 Å². The van der Waals surface area contributed by atoms with Gasteiger partial charge < -0.3 is 19.5 Å². The van der Waals surface area contributed by atoms with Gasteiger partial charge in [-0.3, -0.25) is 0 Å². The maximum absolute atomic E-state index is 14.1. The SMILES string of the molecule is C[C@@H]1OC(F)C[C@](C)(NC(=O)OCc2ccccc2)[C@@H]1OCc1ccccc1. The van der Waals surface area contributed by atoms with Crippen molar-refractivity contribution in [2.75, 3.05) is 0 Å².